The Hall–Kier alpha value is -1.25. The maximum Gasteiger partial charge on any atom is 0.0431 e. The summed E-state index contributed by atoms with van der Waals surface area (Å²) in [5, 5.41) is 8.81. The van der Waals surface area contributed by atoms with Gasteiger partial charge in [0.25, 0.3) is 0 Å². The van der Waals surface area contributed by atoms with Crippen LogP contribution in [0.25, 0.3) is 6.08 Å². The first-order chi connectivity index (χ1) is 9.86. The van der Waals surface area contributed by atoms with Crippen LogP contribution in [0.1, 0.15) is 37.7 Å². The number of thioether (sulfide) groups is 1. The Kier molecular flexibility index (Phi) is 4.44. The molecule has 2 aliphatic rings. The number of hydrogen-bond donors (Lipinski definition) is 1. The minimum absolute atomic E-state index is 0.321. The second kappa shape index (κ2) is 6.47. The molecule has 0 unspecified atom stereocenters. The highest BCUT2D eigenvalue weighted by Crippen LogP contribution is 2.44. The molecule has 1 aromatic rings. The first-order valence-electron chi connectivity index (χ1n) is 7.35. The van der Waals surface area contributed by atoms with Crippen LogP contribution >= 0.6 is 11.8 Å². The third kappa shape index (κ3) is 3.08. The topological polar surface area (TPSA) is 20.2 Å². The fourth-order valence-electron chi connectivity index (χ4n) is 2.72. The molecule has 0 aromatic heterocycles. The van der Waals surface area contributed by atoms with E-state index in [0.29, 0.717) is 6.61 Å². The first kappa shape index (κ1) is 13.7. The molecule has 0 atom stereocenters. The van der Waals surface area contributed by atoms with Crippen molar-refractivity contribution < 1.29 is 5.11 Å². The van der Waals surface area contributed by atoms with Crippen molar-refractivity contribution in [3.8, 4) is 0 Å². The van der Waals surface area contributed by atoms with Crippen LogP contribution in [0.4, 0.5) is 0 Å². The molecule has 2 heteroatoms. The van der Waals surface area contributed by atoms with Crippen LogP contribution in [0, 0.1) is 0 Å². The summed E-state index contributed by atoms with van der Waals surface area (Å²) in [5.74, 6) is 0. The molecular weight excluding hydrogens is 264 g/mol. The van der Waals surface area contributed by atoms with Crippen molar-refractivity contribution in [2.24, 2.45) is 0 Å². The van der Waals surface area contributed by atoms with Gasteiger partial charge in [0.1, 0.15) is 0 Å². The van der Waals surface area contributed by atoms with E-state index in [0.717, 1.165) is 25.7 Å². The molecule has 0 amide bonds. The third-order valence-corrected chi connectivity index (χ3v) is 5.04. The van der Waals surface area contributed by atoms with E-state index in [1.54, 1.807) is 0 Å². The Morgan fingerprint density at radius 2 is 1.95 bits per heavy atom. The van der Waals surface area contributed by atoms with Crippen molar-refractivity contribution in [3.63, 3.8) is 0 Å². The first-order valence-corrected chi connectivity index (χ1v) is 8.17. The summed E-state index contributed by atoms with van der Waals surface area (Å²) in [4.78, 5) is 2.77. The Labute approximate surface area is 125 Å². The standard InChI is InChI=1S/C18H20OS/c19-11-5-1-2-6-14-9-10-18-16(12-14)13-15-7-3-4-8-17(15)20-18/h3-4,7-10,13,19H,1-2,5-6,11-12H2. The van der Waals surface area contributed by atoms with Crippen LogP contribution < -0.4 is 0 Å². The second-order valence-corrected chi connectivity index (χ2v) is 6.46. The molecule has 1 aliphatic carbocycles. The smallest absolute Gasteiger partial charge is 0.0431 e. The minimum Gasteiger partial charge on any atom is -0.396 e. The summed E-state index contributed by atoms with van der Waals surface area (Å²) in [6, 6.07) is 8.61. The zero-order valence-corrected chi connectivity index (χ0v) is 12.5. The van der Waals surface area contributed by atoms with Gasteiger partial charge in [0, 0.05) is 16.4 Å². The average Bonchev–Trinajstić information content (AvgIpc) is 2.49. The van der Waals surface area contributed by atoms with E-state index in [9.17, 15) is 0 Å². The number of benzene rings is 1. The predicted molar refractivity (Wildman–Crippen MR) is 86.6 cm³/mol. The Morgan fingerprint density at radius 3 is 2.85 bits per heavy atom. The molecule has 1 heterocycles. The zero-order valence-electron chi connectivity index (χ0n) is 11.6. The lowest BCUT2D eigenvalue weighted by Crippen LogP contribution is -2.00. The van der Waals surface area contributed by atoms with Crippen LogP contribution in [0.5, 0.6) is 0 Å². The third-order valence-electron chi connectivity index (χ3n) is 3.83. The van der Waals surface area contributed by atoms with Gasteiger partial charge >= 0.3 is 0 Å². The summed E-state index contributed by atoms with van der Waals surface area (Å²) >= 11 is 1.89. The molecule has 1 nitrogen and oxygen atoms in total. The molecule has 0 fully saturated rings. The van der Waals surface area contributed by atoms with Crippen LogP contribution in [0.2, 0.25) is 0 Å². The Bertz CT molecular complexity index is 581. The van der Waals surface area contributed by atoms with Crippen LogP contribution in [0.15, 0.2) is 57.4 Å². The van der Waals surface area contributed by atoms with E-state index in [2.05, 4.69) is 42.5 Å². The largest absolute Gasteiger partial charge is 0.396 e. The van der Waals surface area contributed by atoms with Crippen molar-refractivity contribution in [3.05, 3.63) is 58.0 Å². The number of aliphatic hydroxyl groups excluding tert-OH is 1. The van der Waals surface area contributed by atoms with Gasteiger partial charge in [-0.2, -0.15) is 0 Å². The van der Waals surface area contributed by atoms with Gasteiger partial charge in [-0.05, 0) is 55.0 Å². The van der Waals surface area contributed by atoms with Gasteiger partial charge in [0.15, 0.2) is 0 Å². The van der Waals surface area contributed by atoms with Gasteiger partial charge < -0.3 is 5.11 Å². The van der Waals surface area contributed by atoms with E-state index in [-0.39, 0.29) is 0 Å². The van der Waals surface area contributed by atoms with Crippen molar-refractivity contribution in [1.82, 2.24) is 0 Å². The van der Waals surface area contributed by atoms with Gasteiger partial charge in [0.05, 0.1) is 0 Å². The van der Waals surface area contributed by atoms with E-state index in [1.165, 1.54) is 32.9 Å². The quantitative estimate of drug-likeness (QED) is 0.773. The highest BCUT2D eigenvalue weighted by molar-refractivity contribution is 8.03. The molecular formula is C18H20OS. The molecule has 0 saturated heterocycles. The lowest BCUT2D eigenvalue weighted by atomic mass is 9.93. The van der Waals surface area contributed by atoms with E-state index < -0.39 is 0 Å². The number of unbranched alkanes of at least 4 members (excludes halogenated alkanes) is 2. The molecule has 0 spiro atoms. The van der Waals surface area contributed by atoms with Gasteiger partial charge in [-0.25, -0.2) is 0 Å². The van der Waals surface area contributed by atoms with E-state index in [4.69, 9.17) is 5.11 Å². The molecule has 0 radical (unpaired) electrons. The summed E-state index contributed by atoms with van der Waals surface area (Å²) in [7, 11) is 0. The summed E-state index contributed by atoms with van der Waals surface area (Å²) in [5.41, 5.74) is 4.34. The molecule has 0 bridgehead atoms. The van der Waals surface area contributed by atoms with Crippen molar-refractivity contribution in [2.75, 3.05) is 6.61 Å². The van der Waals surface area contributed by atoms with Crippen molar-refractivity contribution in [2.45, 2.75) is 37.0 Å². The van der Waals surface area contributed by atoms with Crippen molar-refractivity contribution in [1.29, 1.82) is 0 Å². The molecule has 1 aliphatic heterocycles. The number of hydrogen-bond acceptors (Lipinski definition) is 2. The summed E-state index contributed by atoms with van der Waals surface area (Å²) in [6.45, 7) is 0.321. The monoisotopic (exact) mass is 284 g/mol. The fraction of sp³-hybridized carbons (Fsp3) is 0.333. The lowest BCUT2D eigenvalue weighted by Gasteiger charge is -2.23. The molecule has 1 aromatic carbocycles. The van der Waals surface area contributed by atoms with Crippen LogP contribution in [-0.2, 0) is 0 Å². The maximum absolute atomic E-state index is 8.81. The predicted octanol–water partition coefficient (Wildman–Crippen LogP) is 4.94. The summed E-state index contributed by atoms with van der Waals surface area (Å²) in [6.07, 6.45) is 12.4. The Balaban J connectivity index is 1.69. The SMILES string of the molecule is OCCCCCC1=CC=C2Sc3ccccc3C=C2C1. The second-order valence-electron chi connectivity index (χ2n) is 5.38. The van der Waals surface area contributed by atoms with E-state index in [1.807, 2.05) is 11.8 Å². The van der Waals surface area contributed by atoms with Gasteiger partial charge in [-0.1, -0.05) is 48.0 Å². The van der Waals surface area contributed by atoms with Gasteiger partial charge in [0.2, 0.25) is 0 Å². The molecule has 3 rings (SSSR count). The average molecular weight is 284 g/mol. The Morgan fingerprint density at radius 1 is 1.05 bits per heavy atom. The number of aliphatic hydroxyl groups is 1. The normalized spacial score (nSPS) is 16.8. The summed E-state index contributed by atoms with van der Waals surface area (Å²) < 4.78 is 0. The molecule has 20 heavy (non-hydrogen) atoms. The van der Waals surface area contributed by atoms with Gasteiger partial charge in [-0.15, -0.1) is 0 Å². The number of rotatable bonds is 5. The van der Waals surface area contributed by atoms with Crippen LogP contribution in [0.3, 0.4) is 0 Å². The highest BCUT2D eigenvalue weighted by Gasteiger charge is 2.18. The highest BCUT2D eigenvalue weighted by atomic mass is 32.2. The molecule has 1 N–H and O–H groups in total. The number of fused-ring (bicyclic) bond motifs is 2. The minimum atomic E-state index is 0.321. The lowest BCUT2D eigenvalue weighted by molar-refractivity contribution is 0.283. The fourth-order valence-corrected chi connectivity index (χ4v) is 3.75. The van der Waals surface area contributed by atoms with Gasteiger partial charge in [-0.3, -0.25) is 0 Å². The van der Waals surface area contributed by atoms with Crippen LogP contribution in [-0.4, -0.2) is 11.7 Å². The molecule has 0 saturated carbocycles. The maximum atomic E-state index is 8.81. The van der Waals surface area contributed by atoms with Crippen molar-refractivity contribution >= 4 is 17.8 Å². The molecule has 104 valence electrons. The zero-order chi connectivity index (χ0) is 13.8. The number of allylic oxidation sites excluding steroid dienone is 4. The van der Waals surface area contributed by atoms with E-state index >= 15 is 0 Å².